The Bertz CT molecular complexity index is 2270. The van der Waals surface area contributed by atoms with Gasteiger partial charge in [-0.25, -0.2) is 29.0 Å². The summed E-state index contributed by atoms with van der Waals surface area (Å²) in [6.45, 7) is 3.07. The number of nitrogen functional groups attached to an aromatic ring is 1. The predicted molar refractivity (Wildman–Crippen MR) is 181 cm³/mol. The summed E-state index contributed by atoms with van der Waals surface area (Å²) < 4.78 is 33.4. The highest BCUT2D eigenvalue weighted by Gasteiger charge is 2.31. The van der Waals surface area contributed by atoms with Gasteiger partial charge < -0.3 is 39.6 Å². The van der Waals surface area contributed by atoms with Gasteiger partial charge in [-0.05, 0) is 19.1 Å². The summed E-state index contributed by atoms with van der Waals surface area (Å²) in [5.74, 6) is -1.90. The summed E-state index contributed by atoms with van der Waals surface area (Å²) in [6.07, 6.45) is 7.09. The second-order valence-electron chi connectivity index (χ2n) is 11.6. The van der Waals surface area contributed by atoms with Crippen LogP contribution >= 0.6 is 7.60 Å². The standard InChI is InChI=1S/C22H18FN7O3.C9H14N5O4P/c23-16-13-25-20(30-7-6-26-27-30)18-17(16)15(12-24-18)19(31)22(33)29-10-8-28(9-11-29)21(32)14-4-2-1-3-5-14;1-6(18-5-19(15,16)17)2-14-4-13-7-8(10)11-3-12-9(7)14/h1-7,12-13,24H,8-11H2;3-4,6H,2,5H2,1H3,(H2,10,11,12)(H2,15,16,17)/t;6-/m.1/s1. The second kappa shape index (κ2) is 15.1. The lowest BCUT2D eigenvalue weighted by atomic mass is 10.1. The summed E-state index contributed by atoms with van der Waals surface area (Å²) >= 11 is 0. The molecule has 52 heavy (non-hydrogen) atoms. The van der Waals surface area contributed by atoms with Crippen LogP contribution in [0.25, 0.3) is 27.9 Å². The summed E-state index contributed by atoms with van der Waals surface area (Å²) in [5.41, 5.74) is 7.42. The number of carbonyl (C=O) groups excluding carboxylic acids is 3. The van der Waals surface area contributed by atoms with Crippen molar-refractivity contribution in [3.8, 4) is 5.82 Å². The number of nitrogens with two attached hydrogens (primary N) is 1. The van der Waals surface area contributed by atoms with Gasteiger partial charge in [0, 0.05) is 37.9 Å². The van der Waals surface area contributed by atoms with Crippen LogP contribution in [0.5, 0.6) is 0 Å². The molecule has 0 spiro atoms. The summed E-state index contributed by atoms with van der Waals surface area (Å²) in [6, 6.07) is 8.87. The van der Waals surface area contributed by atoms with E-state index in [0.717, 1.165) is 6.20 Å². The van der Waals surface area contributed by atoms with E-state index in [1.807, 2.05) is 6.07 Å². The Morgan fingerprint density at radius 3 is 2.48 bits per heavy atom. The molecule has 0 saturated carbocycles. The molecule has 0 bridgehead atoms. The number of amides is 2. The van der Waals surface area contributed by atoms with Gasteiger partial charge >= 0.3 is 7.60 Å². The molecule has 0 unspecified atom stereocenters. The number of piperazine rings is 1. The number of aromatic amines is 1. The third kappa shape index (κ3) is 7.84. The van der Waals surface area contributed by atoms with E-state index < -0.39 is 37.6 Å². The Morgan fingerprint density at radius 2 is 1.79 bits per heavy atom. The van der Waals surface area contributed by atoms with Crippen LogP contribution in [0.3, 0.4) is 0 Å². The summed E-state index contributed by atoms with van der Waals surface area (Å²) in [5, 5.41) is 7.51. The molecule has 0 radical (unpaired) electrons. The van der Waals surface area contributed by atoms with Gasteiger partial charge in [-0.3, -0.25) is 18.9 Å². The molecule has 6 heterocycles. The molecule has 1 atom stereocenters. The van der Waals surface area contributed by atoms with Crippen LogP contribution in [0.4, 0.5) is 10.2 Å². The molecule has 270 valence electrons. The van der Waals surface area contributed by atoms with Crippen molar-refractivity contribution < 1.29 is 37.9 Å². The van der Waals surface area contributed by atoms with E-state index in [1.54, 1.807) is 40.7 Å². The Hall–Kier alpha value is -5.95. The number of pyridine rings is 1. The Morgan fingerprint density at radius 1 is 1.06 bits per heavy atom. The molecule has 1 fully saturated rings. The topological polar surface area (TPSA) is 253 Å². The maximum absolute atomic E-state index is 14.6. The van der Waals surface area contributed by atoms with E-state index in [1.165, 1.54) is 40.8 Å². The first kappa shape index (κ1) is 35.9. The van der Waals surface area contributed by atoms with Crippen molar-refractivity contribution in [1.82, 2.24) is 54.3 Å². The van der Waals surface area contributed by atoms with Crippen LogP contribution in [0.15, 0.2) is 67.8 Å². The lowest BCUT2D eigenvalue weighted by Crippen LogP contribution is -2.52. The van der Waals surface area contributed by atoms with Crippen molar-refractivity contribution in [1.29, 1.82) is 0 Å². The van der Waals surface area contributed by atoms with E-state index in [0.29, 0.717) is 36.4 Å². The number of hydrogen-bond donors (Lipinski definition) is 4. The number of aromatic nitrogens is 9. The maximum atomic E-state index is 14.6. The first-order valence-corrected chi connectivity index (χ1v) is 17.5. The Labute approximate surface area is 293 Å². The Kier molecular flexibility index (Phi) is 10.4. The van der Waals surface area contributed by atoms with E-state index in [4.69, 9.17) is 20.3 Å². The zero-order valence-electron chi connectivity index (χ0n) is 27.5. The number of imidazole rings is 1. The first-order chi connectivity index (χ1) is 24.9. The zero-order chi connectivity index (χ0) is 37.0. The van der Waals surface area contributed by atoms with Gasteiger partial charge in [-0.2, -0.15) is 0 Å². The SMILES string of the molecule is C[C@H](Cn1cnc2c(N)ncnc21)OCP(=O)(O)O.O=C(C(=O)N1CCN(C(=O)c2ccccc2)CC1)c1c[nH]c2c(-n3ccnn3)ncc(F)c12. The molecule has 0 aliphatic carbocycles. The fraction of sp³-hybridized carbons (Fsp3) is 0.258. The third-order valence-corrected chi connectivity index (χ3v) is 8.49. The van der Waals surface area contributed by atoms with Crippen LogP contribution in [0, 0.1) is 5.82 Å². The molecule has 6 aromatic rings. The number of nitrogens with zero attached hydrogens (tertiary/aromatic N) is 10. The number of halogens is 1. The molecule has 5 aromatic heterocycles. The number of H-pyrrole nitrogens is 1. The normalized spacial score (nSPS) is 13.9. The summed E-state index contributed by atoms with van der Waals surface area (Å²) in [7, 11) is -4.16. The highest BCUT2D eigenvalue weighted by Crippen LogP contribution is 2.34. The highest BCUT2D eigenvalue weighted by molar-refractivity contribution is 7.51. The molecular weight excluding hydrogens is 702 g/mol. The molecule has 21 heteroatoms. The number of ketones is 1. The number of nitrogens with one attached hydrogen (secondary N) is 1. The van der Waals surface area contributed by atoms with Gasteiger partial charge in [0.05, 0.1) is 54.0 Å². The van der Waals surface area contributed by atoms with Gasteiger partial charge in [-0.1, -0.05) is 23.4 Å². The van der Waals surface area contributed by atoms with Gasteiger partial charge in [0.2, 0.25) is 0 Å². The minimum absolute atomic E-state index is 0.0354. The number of benzene rings is 1. The lowest BCUT2D eigenvalue weighted by molar-refractivity contribution is -0.127. The van der Waals surface area contributed by atoms with Crippen LogP contribution in [-0.2, 0) is 20.6 Å². The highest BCUT2D eigenvalue weighted by atomic mass is 31.2. The van der Waals surface area contributed by atoms with Crippen molar-refractivity contribution in [3.05, 3.63) is 84.7 Å². The van der Waals surface area contributed by atoms with Crippen molar-refractivity contribution in [2.24, 2.45) is 0 Å². The molecule has 7 rings (SSSR count). The van der Waals surface area contributed by atoms with Crippen molar-refractivity contribution in [3.63, 3.8) is 0 Å². The van der Waals surface area contributed by atoms with Gasteiger partial charge in [0.25, 0.3) is 17.6 Å². The average molecular weight is 735 g/mol. The number of Topliss-reactive ketones (excluding diaryl/α,β-unsaturated/α-hetero) is 1. The van der Waals surface area contributed by atoms with E-state index in [-0.39, 0.29) is 47.1 Å². The van der Waals surface area contributed by atoms with Crippen LogP contribution in [-0.4, -0.2) is 120 Å². The average Bonchev–Trinajstić information content (AvgIpc) is 3.93. The molecule has 19 nitrogen and oxygen atoms in total. The molecule has 1 aliphatic rings. The first-order valence-electron chi connectivity index (χ1n) is 15.7. The summed E-state index contributed by atoms with van der Waals surface area (Å²) in [4.78, 5) is 77.8. The Balaban J connectivity index is 0.000000208. The minimum Gasteiger partial charge on any atom is -0.382 e. The van der Waals surface area contributed by atoms with Crippen molar-refractivity contribution in [2.45, 2.75) is 19.6 Å². The number of ether oxygens (including phenoxy) is 1. The molecule has 2 amide bonds. The third-order valence-electron chi connectivity index (χ3n) is 8.01. The van der Waals surface area contributed by atoms with E-state index in [2.05, 4.69) is 35.2 Å². The number of fused-ring (bicyclic) bond motifs is 2. The lowest BCUT2D eigenvalue weighted by Gasteiger charge is -2.34. The fourth-order valence-corrected chi connectivity index (χ4v) is 5.94. The number of anilines is 1. The van der Waals surface area contributed by atoms with Crippen molar-refractivity contribution in [2.75, 3.05) is 38.3 Å². The van der Waals surface area contributed by atoms with Crippen molar-refractivity contribution >= 4 is 53.1 Å². The molecule has 1 saturated heterocycles. The van der Waals surface area contributed by atoms with Gasteiger partial charge in [0.15, 0.2) is 23.1 Å². The van der Waals surface area contributed by atoms with E-state index >= 15 is 0 Å². The zero-order valence-corrected chi connectivity index (χ0v) is 28.4. The monoisotopic (exact) mass is 734 g/mol. The quantitative estimate of drug-likeness (QED) is 0.0931. The number of hydrogen-bond acceptors (Lipinski definition) is 12. The second-order valence-corrected chi connectivity index (χ2v) is 13.2. The number of carbonyl (C=O) groups is 3. The molecule has 5 N–H and O–H groups in total. The van der Waals surface area contributed by atoms with Gasteiger partial charge in [0.1, 0.15) is 18.2 Å². The molecule has 1 aromatic carbocycles. The van der Waals surface area contributed by atoms with Crippen LogP contribution in [0.1, 0.15) is 27.6 Å². The maximum Gasteiger partial charge on any atom is 0.350 e. The predicted octanol–water partition coefficient (Wildman–Crippen LogP) is 1.40. The van der Waals surface area contributed by atoms with Crippen LogP contribution in [0.2, 0.25) is 0 Å². The van der Waals surface area contributed by atoms with Gasteiger partial charge in [-0.15, -0.1) is 5.10 Å². The number of rotatable bonds is 9. The minimum atomic E-state index is -4.16. The molecular formula is C31H32FN12O7P. The van der Waals surface area contributed by atoms with E-state index in [9.17, 15) is 23.3 Å². The molecule has 1 aliphatic heterocycles. The smallest absolute Gasteiger partial charge is 0.350 e. The fourth-order valence-electron chi connectivity index (χ4n) is 5.49. The largest absolute Gasteiger partial charge is 0.382 e. The van der Waals surface area contributed by atoms with Crippen LogP contribution < -0.4 is 5.73 Å².